The van der Waals surface area contributed by atoms with Gasteiger partial charge >= 0.3 is 0 Å². The normalized spacial score (nSPS) is 22.7. The van der Waals surface area contributed by atoms with E-state index >= 15 is 0 Å². The standard InChI is InChI=1S/C19H28N4O2S.HI/c1-2-20-18(22-13-19(25)9-11-26-14-19)21-12-15-5-7-16(8-6-15)23-10-3-4-17(23)24;/h5-8,25H,2-4,9-14H2,1H3,(H2,20,21,22);1H. The highest BCUT2D eigenvalue weighted by Crippen LogP contribution is 2.27. The minimum Gasteiger partial charge on any atom is -0.387 e. The molecule has 2 aliphatic heterocycles. The smallest absolute Gasteiger partial charge is 0.227 e. The van der Waals surface area contributed by atoms with Gasteiger partial charge in [-0.15, -0.1) is 24.0 Å². The number of anilines is 1. The topological polar surface area (TPSA) is 77.0 Å². The van der Waals surface area contributed by atoms with Gasteiger partial charge in [0, 0.05) is 37.5 Å². The summed E-state index contributed by atoms with van der Waals surface area (Å²) in [6, 6.07) is 8.03. The van der Waals surface area contributed by atoms with Gasteiger partial charge in [-0.1, -0.05) is 12.1 Å². The number of hydrogen-bond acceptors (Lipinski definition) is 4. The Labute approximate surface area is 182 Å². The molecule has 1 amide bonds. The largest absolute Gasteiger partial charge is 0.387 e. The molecular weight excluding hydrogens is 475 g/mol. The quantitative estimate of drug-likeness (QED) is 0.315. The number of nitrogens with one attached hydrogen (secondary N) is 2. The molecule has 27 heavy (non-hydrogen) atoms. The van der Waals surface area contributed by atoms with Crippen LogP contribution in [0, 0.1) is 0 Å². The van der Waals surface area contributed by atoms with Gasteiger partial charge in [-0.2, -0.15) is 11.8 Å². The van der Waals surface area contributed by atoms with Crippen molar-refractivity contribution >= 4 is 53.3 Å². The minimum absolute atomic E-state index is 0. The van der Waals surface area contributed by atoms with Crippen molar-refractivity contribution in [1.82, 2.24) is 10.6 Å². The number of carbonyl (C=O) groups excluding carboxylic acids is 1. The molecule has 0 aromatic heterocycles. The van der Waals surface area contributed by atoms with Crippen molar-refractivity contribution in [3.63, 3.8) is 0 Å². The van der Waals surface area contributed by atoms with E-state index in [2.05, 4.69) is 15.6 Å². The number of aliphatic imine (C=N–C) groups is 1. The fourth-order valence-electron chi connectivity index (χ4n) is 3.20. The molecular formula is C19H29IN4O2S. The summed E-state index contributed by atoms with van der Waals surface area (Å²) in [5.74, 6) is 2.71. The molecule has 150 valence electrons. The van der Waals surface area contributed by atoms with E-state index < -0.39 is 5.60 Å². The van der Waals surface area contributed by atoms with Gasteiger partial charge in [0.1, 0.15) is 0 Å². The summed E-state index contributed by atoms with van der Waals surface area (Å²) in [7, 11) is 0. The SMILES string of the molecule is CCNC(=NCc1ccc(N2CCCC2=O)cc1)NCC1(O)CCSC1.I. The number of guanidine groups is 1. The van der Waals surface area contributed by atoms with Crippen LogP contribution in [0.25, 0.3) is 0 Å². The van der Waals surface area contributed by atoms with Crippen molar-refractivity contribution in [2.75, 3.05) is 36.0 Å². The number of amides is 1. The number of carbonyl (C=O) groups is 1. The molecule has 0 radical (unpaired) electrons. The second-order valence-electron chi connectivity index (χ2n) is 6.89. The second kappa shape index (κ2) is 10.5. The van der Waals surface area contributed by atoms with Crippen LogP contribution in [-0.2, 0) is 11.3 Å². The predicted octanol–water partition coefficient (Wildman–Crippen LogP) is 2.35. The lowest BCUT2D eigenvalue weighted by atomic mass is 10.0. The summed E-state index contributed by atoms with van der Waals surface area (Å²) in [5.41, 5.74) is 1.42. The number of rotatable bonds is 6. The highest BCUT2D eigenvalue weighted by atomic mass is 127. The molecule has 1 unspecified atom stereocenters. The van der Waals surface area contributed by atoms with E-state index in [-0.39, 0.29) is 29.9 Å². The second-order valence-corrected chi connectivity index (χ2v) is 8.00. The predicted molar refractivity (Wildman–Crippen MR) is 123 cm³/mol. The lowest BCUT2D eigenvalue weighted by Crippen LogP contribution is -2.47. The lowest BCUT2D eigenvalue weighted by molar-refractivity contribution is -0.117. The zero-order valence-corrected chi connectivity index (χ0v) is 18.9. The summed E-state index contributed by atoms with van der Waals surface area (Å²) < 4.78 is 0. The van der Waals surface area contributed by atoms with Gasteiger partial charge in [-0.25, -0.2) is 4.99 Å². The minimum atomic E-state index is -0.634. The molecule has 1 atom stereocenters. The Bertz CT molecular complexity index is 648. The van der Waals surface area contributed by atoms with E-state index in [9.17, 15) is 9.90 Å². The molecule has 3 N–H and O–H groups in total. The van der Waals surface area contributed by atoms with E-state index in [1.54, 1.807) is 11.8 Å². The third-order valence-electron chi connectivity index (χ3n) is 4.75. The monoisotopic (exact) mass is 504 g/mol. The number of halogens is 1. The van der Waals surface area contributed by atoms with Crippen LogP contribution in [-0.4, -0.2) is 53.7 Å². The van der Waals surface area contributed by atoms with Crippen LogP contribution in [0.4, 0.5) is 5.69 Å². The fraction of sp³-hybridized carbons (Fsp3) is 0.579. The van der Waals surface area contributed by atoms with Crippen molar-refractivity contribution < 1.29 is 9.90 Å². The van der Waals surface area contributed by atoms with Crippen molar-refractivity contribution in [3.8, 4) is 0 Å². The molecule has 8 heteroatoms. The van der Waals surface area contributed by atoms with E-state index in [4.69, 9.17) is 0 Å². The third-order valence-corrected chi connectivity index (χ3v) is 5.99. The number of aliphatic hydroxyl groups is 1. The zero-order valence-electron chi connectivity index (χ0n) is 15.7. The van der Waals surface area contributed by atoms with Crippen LogP contribution in [0.15, 0.2) is 29.3 Å². The molecule has 0 saturated carbocycles. The molecule has 2 heterocycles. The van der Waals surface area contributed by atoms with E-state index in [0.717, 1.165) is 54.6 Å². The first-order chi connectivity index (χ1) is 12.6. The van der Waals surface area contributed by atoms with Crippen LogP contribution in [0.2, 0.25) is 0 Å². The van der Waals surface area contributed by atoms with Crippen LogP contribution in [0.3, 0.4) is 0 Å². The van der Waals surface area contributed by atoms with Crippen molar-refractivity contribution in [1.29, 1.82) is 0 Å². The highest BCUT2D eigenvalue weighted by Gasteiger charge is 2.31. The van der Waals surface area contributed by atoms with Gasteiger partial charge in [0.15, 0.2) is 5.96 Å². The van der Waals surface area contributed by atoms with Gasteiger partial charge in [0.25, 0.3) is 0 Å². The maximum absolute atomic E-state index is 11.8. The van der Waals surface area contributed by atoms with Gasteiger partial charge in [-0.3, -0.25) is 4.79 Å². The molecule has 0 spiro atoms. The Morgan fingerprint density at radius 1 is 1.33 bits per heavy atom. The van der Waals surface area contributed by atoms with Crippen molar-refractivity contribution in [2.45, 2.75) is 38.3 Å². The highest BCUT2D eigenvalue weighted by molar-refractivity contribution is 14.0. The molecule has 2 fully saturated rings. The number of thioether (sulfide) groups is 1. The van der Waals surface area contributed by atoms with E-state index in [1.807, 2.05) is 36.1 Å². The van der Waals surface area contributed by atoms with Gasteiger partial charge < -0.3 is 20.6 Å². The molecule has 2 saturated heterocycles. The summed E-state index contributed by atoms with van der Waals surface area (Å²) >= 11 is 1.79. The first kappa shape index (κ1) is 22.3. The number of nitrogens with zero attached hydrogens (tertiary/aromatic N) is 2. The molecule has 3 rings (SSSR count). The van der Waals surface area contributed by atoms with Crippen LogP contribution in [0.1, 0.15) is 31.7 Å². The van der Waals surface area contributed by atoms with Gasteiger partial charge in [0.2, 0.25) is 5.91 Å². The van der Waals surface area contributed by atoms with E-state index in [0.29, 0.717) is 19.5 Å². The molecule has 0 aliphatic carbocycles. The fourth-order valence-corrected chi connectivity index (χ4v) is 4.49. The number of benzene rings is 1. The molecule has 6 nitrogen and oxygen atoms in total. The maximum atomic E-state index is 11.8. The summed E-state index contributed by atoms with van der Waals surface area (Å²) in [4.78, 5) is 18.3. The average Bonchev–Trinajstić information content (AvgIpc) is 3.27. The molecule has 0 bridgehead atoms. The Balaban J connectivity index is 0.00000261. The molecule has 1 aromatic rings. The van der Waals surface area contributed by atoms with Crippen LogP contribution in [0.5, 0.6) is 0 Å². The van der Waals surface area contributed by atoms with Gasteiger partial charge in [0.05, 0.1) is 12.1 Å². The maximum Gasteiger partial charge on any atom is 0.227 e. The Morgan fingerprint density at radius 2 is 2.11 bits per heavy atom. The summed E-state index contributed by atoms with van der Waals surface area (Å²) in [5, 5.41) is 16.9. The third kappa shape index (κ3) is 6.25. The number of hydrogen-bond donors (Lipinski definition) is 3. The Morgan fingerprint density at radius 3 is 2.70 bits per heavy atom. The Kier molecular flexibility index (Phi) is 8.68. The van der Waals surface area contributed by atoms with Gasteiger partial charge in [-0.05, 0) is 43.2 Å². The summed E-state index contributed by atoms with van der Waals surface area (Å²) in [6.07, 6.45) is 2.41. The van der Waals surface area contributed by atoms with Crippen molar-refractivity contribution in [2.24, 2.45) is 4.99 Å². The van der Waals surface area contributed by atoms with Crippen molar-refractivity contribution in [3.05, 3.63) is 29.8 Å². The Hall–Kier alpha value is -1.00. The van der Waals surface area contributed by atoms with E-state index in [1.165, 1.54) is 0 Å². The average molecular weight is 504 g/mol. The molecule has 2 aliphatic rings. The lowest BCUT2D eigenvalue weighted by Gasteiger charge is -2.23. The molecule has 1 aromatic carbocycles. The summed E-state index contributed by atoms with van der Waals surface area (Å²) in [6.45, 7) is 4.68. The first-order valence-electron chi connectivity index (χ1n) is 9.31. The first-order valence-corrected chi connectivity index (χ1v) is 10.5. The van der Waals surface area contributed by atoms with Crippen LogP contribution < -0.4 is 15.5 Å². The van der Waals surface area contributed by atoms with Crippen LogP contribution >= 0.6 is 35.7 Å². The zero-order chi connectivity index (χ0) is 18.4.